The van der Waals surface area contributed by atoms with Crippen molar-refractivity contribution in [3.05, 3.63) is 53.6 Å². The van der Waals surface area contributed by atoms with Crippen LogP contribution in [0.1, 0.15) is 15.9 Å². The maximum atomic E-state index is 12.3. The lowest BCUT2D eigenvalue weighted by Crippen LogP contribution is -2.13. The molecule has 2 aromatic carbocycles. The first-order valence-electron chi connectivity index (χ1n) is 6.38. The van der Waals surface area contributed by atoms with Gasteiger partial charge in [0.1, 0.15) is 0 Å². The van der Waals surface area contributed by atoms with E-state index in [1.807, 2.05) is 62.7 Å². The Hall–Kier alpha value is -1.94. The first kappa shape index (κ1) is 14.5. The fourth-order valence-corrected chi connectivity index (χ4v) is 2.35. The van der Waals surface area contributed by atoms with Gasteiger partial charge in [-0.1, -0.05) is 0 Å². The van der Waals surface area contributed by atoms with Gasteiger partial charge in [-0.2, -0.15) is 0 Å². The molecular formula is C16H18N2OS. The molecule has 0 atom stereocenters. The van der Waals surface area contributed by atoms with Crippen molar-refractivity contribution in [2.24, 2.45) is 0 Å². The second-order valence-electron chi connectivity index (χ2n) is 4.46. The summed E-state index contributed by atoms with van der Waals surface area (Å²) in [7, 11) is 1.86. The van der Waals surface area contributed by atoms with Gasteiger partial charge in [0.05, 0.1) is 0 Å². The Morgan fingerprint density at radius 3 is 2.25 bits per heavy atom. The number of aryl methyl sites for hydroxylation is 1. The van der Waals surface area contributed by atoms with E-state index in [9.17, 15) is 4.79 Å². The summed E-state index contributed by atoms with van der Waals surface area (Å²) in [6.07, 6.45) is 2.03. The molecule has 0 aliphatic heterocycles. The average Bonchev–Trinajstić information content (AvgIpc) is 2.47. The highest BCUT2D eigenvalue weighted by molar-refractivity contribution is 7.98. The lowest BCUT2D eigenvalue weighted by molar-refractivity contribution is 0.102. The summed E-state index contributed by atoms with van der Waals surface area (Å²) >= 11 is 1.68. The van der Waals surface area contributed by atoms with E-state index in [0.717, 1.165) is 16.9 Å². The van der Waals surface area contributed by atoms with Crippen LogP contribution in [0.4, 0.5) is 11.4 Å². The molecule has 0 aliphatic carbocycles. The molecular weight excluding hydrogens is 268 g/mol. The van der Waals surface area contributed by atoms with Crippen LogP contribution in [0.3, 0.4) is 0 Å². The minimum atomic E-state index is -0.0814. The normalized spacial score (nSPS) is 10.2. The lowest BCUT2D eigenvalue weighted by atomic mass is 10.1. The third-order valence-electron chi connectivity index (χ3n) is 3.11. The van der Waals surface area contributed by atoms with E-state index in [2.05, 4.69) is 10.6 Å². The largest absolute Gasteiger partial charge is 0.388 e. The molecule has 2 rings (SSSR count). The van der Waals surface area contributed by atoms with Crippen molar-refractivity contribution in [3.63, 3.8) is 0 Å². The molecule has 0 aromatic heterocycles. The third-order valence-corrected chi connectivity index (χ3v) is 3.85. The molecule has 20 heavy (non-hydrogen) atoms. The Kier molecular flexibility index (Phi) is 4.69. The SMILES string of the molecule is CNc1ccc(C(=O)Nc2ccc(SC)cc2)c(C)c1. The first-order chi connectivity index (χ1) is 9.63. The third kappa shape index (κ3) is 3.33. The Bertz CT molecular complexity index is 608. The van der Waals surface area contributed by atoms with E-state index in [-0.39, 0.29) is 5.91 Å². The Morgan fingerprint density at radius 1 is 1.05 bits per heavy atom. The van der Waals surface area contributed by atoms with Crippen LogP contribution in [-0.4, -0.2) is 19.2 Å². The molecule has 0 spiro atoms. The van der Waals surface area contributed by atoms with E-state index < -0.39 is 0 Å². The van der Waals surface area contributed by atoms with Gasteiger partial charge >= 0.3 is 0 Å². The van der Waals surface area contributed by atoms with Crippen LogP contribution >= 0.6 is 11.8 Å². The number of amides is 1. The Balaban J connectivity index is 2.14. The summed E-state index contributed by atoms with van der Waals surface area (Å²) < 4.78 is 0. The summed E-state index contributed by atoms with van der Waals surface area (Å²) in [4.78, 5) is 13.4. The van der Waals surface area contributed by atoms with Crippen molar-refractivity contribution >= 4 is 29.0 Å². The van der Waals surface area contributed by atoms with Crippen molar-refractivity contribution < 1.29 is 4.79 Å². The molecule has 104 valence electrons. The van der Waals surface area contributed by atoms with E-state index in [0.29, 0.717) is 5.56 Å². The van der Waals surface area contributed by atoms with Crippen LogP contribution in [0, 0.1) is 6.92 Å². The number of benzene rings is 2. The van der Waals surface area contributed by atoms with Gasteiger partial charge in [0.2, 0.25) is 0 Å². The van der Waals surface area contributed by atoms with E-state index in [1.165, 1.54) is 4.90 Å². The predicted octanol–water partition coefficient (Wildman–Crippen LogP) is 4.01. The summed E-state index contributed by atoms with van der Waals surface area (Å²) in [5, 5.41) is 5.98. The molecule has 0 heterocycles. The molecule has 0 aliphatic rings. The number of anilines is 2. The number of nitrogens with one attached hydrogen (secondary N) is 2. The quantitative estimate of drug-likeness (QED) is 0.834. The topological polar surface area (TPSA) is 41.1 Å². The smallest absolute Gasteiger partial charge is 0.255 e. The molecule has 3 nitrogen and oxygen atoms in total. The Morgan fingerprint density at radius 2 is 1.70 bits per heavy atom. The zero-order valence-electron chi connectivity index (χ0n) is 11.9. The Labute approximate surface area is 123 Å². The molecule has 0 saturated heterocycles. The molecule has 2 aromatic rings. The van der Waals surface area contributed by atoms with E-state index >= 15 is 0 Å². The van der Waals surface area contributed by atoms with Gasteiger partial charge in [0, 0.05) is 28.9 Å². The lowest BCUT2D eigenvalue weighted by Gasteiger charge is -2.09. The molecule has 1 amide bonds. The van der Waals surface area contributed by atoms with Gasteiger partial charge in [-0.05, 0) is 61.2 Å². The van der Waals surface area contributed by atoms with Crippen molar-refractivity contribution in [1.29, 1.82) is 0 Å². The summed E-state index contributed by atoms with van der Waals surface area (Å²) in [6, 6.07) is 13.5. The highest BCUT2D eigenvalue weighted by atomic mass is 32.2. The van der Waals surface area contributed by atoms with E-state index in [4.69, 9.17) is 0 Å². The first-order valence-corrected chi connectivity index (χ1v) is 7.60. The molecule has 2 N–H and O–H groups in total. The molecule has 4 heteroatoms. The van der Waals surface area contributed by atoms with Gasteiger partial charge in [0.25, 0.3) is 5.91 Å². The van der Waals surface area contributed by atoms with Crippen LogP contribution in [0.2, 0.25) is 0 Å². The summed E-state index contributed by atoms with van der Waals surface area (Å²) in [5.41, 5.74) is 3.46. The number of carbonyl (C=O) groups excluding carboxylic acids is 1. The van der Waals surface area contributed by atoms with Gasteiger partial charge < -0.3 is 10.6 Å². The fourth-order valence-electron chi connectivity index (χ4n) is 1.95. The van der Waals surface area contributed by atoms with Crippen LogP contribution < -0.4 is 10.6 Å². The maximum Gasteiger partial charge on any atom is 0.255 e. The van der Waals surface area contributed by atoms with Crippen LogP contribution in [0.15, 0.2) is 47.4 Å². The minimum Gasteiger partial charge on any atom is -0.388 e. The molecule has 0 bridgehead atoms. The number of thioether (sulfide) groups is 1. The molecule has 0 fully saturated rings. The molecule has 0 saturated carbocycles. The van der Waals surface area contributed by atoms with Crippen molar-refractivity contribution in [3.8, 4) is 0 Å². The van der Waals surface area contributed by atoms with Crippen molar-refractivity contribution in [2.75, 3.05) is 23.9 Å². The minimum absolute atomic E-state index is 0.0814. The number of rotatable bonds is 4. The summed E-state index contributed by atoms with van der Waals surface area (Å²) in [6.45, 7) is 1.94. The summed E-state index contributed by atoms with van der Waals surface area (Å²) in [5.74, 6) is -0.0814. The highest BCUT2D eigenvalue weighted by Crippen LogP contribution is 2.19. The van der Waals surface area contributed by atoms with Crippen molar-refractivity contribution in [1.82, 2.24) is 0 Å². The number of carbonyl (C=O) groups is 1. The molecule has 0 unspecified atom stereocenters. The fraction of sp³-hybridized carbons (Fsp3) is 0.188. The number of hydrogen-bond donors (Lipinski definition) is 2. The monoisotopic (exact) mass is 286 g/mol. The molecule has 0 radical (unpaired) electrons. The zero-order valence-corrected chi connectivity index (χ0v) is 12.7. The second kappa shape index (κ2) is 6.48. The maximum absolute atomic E-state index is 12.3. The van der Waals surface area contributed by atoms with Gasteiger partial charge in [-0.15, -0.1) is 11.8 Å². The number of hydrogen-bond acceptors (Lipinski definition) is 3. The standard InChI is InChI=1S/C16H18N2OS/c1-11-10-13(17-2)6-9-15(11)16(19)18-12-4-7-14(20-3)8-5-12/h4-10,17H,1-3H3,(H,18,19). The van der Waals surface area contributed by atoms with E-state index in [1.54, 1.807) is 11.8 Å². The van der Waals surface area contributed by atoms with Crippen molar-refractivity contribution in [2.45, 2.75) is 11.8 Å². The van der Waals surface area contributed by atoms with Crippen LogP contribution in [0.5, 0.6) is 0 Å². The van der Waals surface area contributed by atoms with Gasteiger partial charge in [-0.3, -0.25) is 4.79 Å². The van der Waals surface area contributed by atoms with Crippen LogP contribution in [0.25, 0.3) is 0 Å². The zero-order chi connectivity index (χ0) is 14.5. The van der Waals surface area contributed by atoms with Gasteiger partial charge in [0.15, 0.2) is 0 Å². The average molecular weight is 286 g/mol. The van der Waals surface area contributed by atoms with Crippen LogP contribution in [-0.2, 0) is 0 Å². The second-order valence-corrected chi connectivity index (χ2v) is 5.34. The van der Waals surface area contributed by atoms with Gasteiger partial charge in [-0.25, -0.2) is 0 Å². The predicted molar refractivity (Wildman–Crippen MR) is 86.9 cm³/mol. The highest BCUT2D eigenvalue weighted by Gasteiger charge is 2.09.